The molecule has 5 nitrogen and oxygen atoms in total. The topological polar surface area (TPSA) is 69.6 Å². The molecule has 1 atom stereocenters. The Morgan fingerprint density at radius 3 is 2.53 bits per heavy atom. The molecule has 1 saturated carbocycles. The maximum atomic E-state index is 12.0. The molecule has 1 aliphatic carbocycles. The maximum Gasteiger partial charge on any atom is 0.243 e. The summed E-state index contributed by atoms with van der Waals surface area (Å²) in [4.78, 5) is 25.6. The lowest BCUT2D eigenvalue weighted by Crippen LogP contribution is -2.58. The predicted octanol–water partition coefficient (Wildman–Crippen LogP) is 0.629. The second kappa shape index (κ2) is 4.57. The molecule has 2 aliphatic rings. The number of nitrogens with one attached hydrogen (secondary N) is 1. The van der Waals surface area contributed by atoms with Crippen molar-refractivity contribution in [2.24, 2.45) is 5.92 Å². The smallest absolute Gasteiger partial charge is 0.243 e. The summed E-state index contributed by atoms with van der Waals surface area (Å²) in [5, 5.41) is 11.9. The van der Waals surface area contributed by atoms with Gasteiger partial charge >= 0.3 is 0 Å². The Bertz CT molecular complexity index is 508. The zero-order valence-corrected chi connectivity index (χ0v) is 10.5. The number of carbonyl (C=O) groups is 2. The highest BCUT2D eigenvalue weighted by atomic mass is 16.3. The molecular weight excluding hydrogens is 244 g/mol. The molecule has 5 heteroatoms. The van der Waals surface area contributed by atoms with Gasteiger partial charge in [0.2, 0.25) is 11.8 Å². The third-order valence-corrected chi connectivity index (χ3v) is 3.70. The molecule has 1 unspecified atom stereocenters. The number of phenolic OH excluding ortho intramolecular Hbond substituents is 1. The monoisotopic (exact) mass is 260 g/mol. The summed E-state index contributed by atoms with van der Waals surface area (Å²) >= 11 is 0. The lowest BCUT2D eigenvalue weighted by Gasteiger charge is -2.35. The number of rotatable bonds is 3. The van der Waals surface area contributed by atoms with E-state index in [2.05, 4.69) is 5.32 Å². The Balaban J connectivity index is 1.81. The molecule has 1 heterocycles. The van der Waals surface area contributed by atoms with E-state index in [4.69, 9.17) is 0 Å². The first-order chi connectivity index (χ1) is 9.15. The van der Waals surface area contributed by atoms with Crippen molar-refractivity contribution >= 4 is 11.8 Å². The van der Waals surface area contributed by atoms with Gasteiger partial charge in [0.25, 0.3) is 0 Å². The summed E-state index contributed by atoms with van der Waals surface area (Å²) in [5.41, 5.74) is 0.923. The molecule has 1 aromatic rings. The van der Waals surface area contributed by atoms with E-state index in [1.165, 1.54) is 0 Å². The third-order valence-electron chi connectivity index (χ3n) is 3.70. The fourth-order valence-electron chi connectivity index (χ4n) is 2.53. The van der Waals surface area contributed by atoms with E-state index in [9.17, 15) is 14.7 Å². The van der Waals surface area contributed by atoms with Gasteiger partial charge in [-0.25, -0.2) is 0 Å². The van der Waals surface area contributed by atoms with Gasteiger partial charge in [-0.2, -0.15) is 0 Å². The van der Waals surface area contributed by atoms with E-state index in [0.29, 0.717) is 12.5 Å². The maximum absolute atomic E-state index is 12.0. The molecule has 2 fully saturated rings. The molecule has 100 valence electrons. The number of piperazine rings is 1. The second-order valence-electron chi connectivity index (χ2n) is 5.19. The van der Waals surface area contributed by atoms with Gasteiger partial charge in [0.15, 0.2) is 0 Å². The van der Waals surface area contributed by atoms with Gasteiger partial charge in [-0.05, 0) is 36.5 Å². The van der Waals surface area contributed by atoms with Crippen molar-refractivity contribution in [1.29, 1.82) is 0 Å². The normalized spacial score (nSPS) is 23.4. The zero-order chi connectivity index (χ0) is 13.4. The van der Waals surface area contributed by atoms with E-state index in [1.807, 2.05) is 0 Å². The van der Waals surface area contributed by atoms with E-state index in [-0.39, 0.29) is 30.2 Å². The lowest BCUT2D eigenvalue weighted by molar-refractivity contribution is -0.147. The minimum absolute atomic E-state index is 0.0374. The van der Waals surface area contributed by atoms with Crippen LogP contribution < -0.4 is 5.32 Å². The first-order valence-electron chi connectivity index (χ1n) is 6.50. The van der Waals surface area contributed by atoms with Crippen LogP contribution in [0, 0.1) is 5.92 Å². The minimum atomic E-state index is -0.324. The SMILES string of the molecule is O=C1NCC(=O)N(Cc2ccc(O)cc2)C1C1CC1. The highest BCUT2D eigenvalue weighted by Crippen LogP contribution is 2.37. The van der Waals surface area contributed by atoms with Crippen LogP contribution in [0.2, 0.25) is 0 Å². The molecular formula is C14H16N2O3. The first-order valence-corrected chi connectivity index (χ1v) is 6.50. The number of carbonyl (C=O) groups excluding carboxylic acids is 2. The second-order valence-corrected chi connectivity index (χ2v) is 5.19. The molecule has 1 saturated heterocycles. The number of phenols is 1. The largest absolute Gasteiger partial charge is 0.508 e. The number of hydrogen-bond acceptors (Lipinski definition) is 3. The molecule has 1 aliphatic heterocycles. The van der Waals surface area contributed by atoms with Crippen LogP contribution in [0.15, 0.2) is 24.3 Å². The van der Waals surface area contributed by atoms with Crippen LogP contribution >= 0.6 is 0 Å². The average Bonchev–Trinajstić information content (AvgIpc) is 3.21. The van der Waals surface area contributed by atoms with Gasteiger partial charge in [0.1, 0.15) is 11.8 Å². The Hall–Kier alpha value is -2.04. The molecule has 0 bridgehead atoms. The summed E-state index contributed by atoms with van der Waals surface area (Å²) in [6, 6.07) is 6.42. The minimum Gasteiger partial charge on any atom is -0.508 e. The third kappa shape index (κ3) is 2.41. The molecule has 0 aromatic heterocycles. The Kier molecular flexibility index (Phi) is 2.89. The van der Waals surface area contributed by atoms with Gasteiger partial charge in [0, 0.05) is 6.54 Å². The number of nitrogens with zero attached hydrogens (tertiary/aromatic N) is 1. The van der Waals surface area contributed by atoms with E-state index in [0.717, 1.165) is 18.4 Å². The zero-order valence-electron chi connectivity index (χ0n) is 10.5. The summed E-state index contributed by atoms with van der Waals surface area (Å²) in [5.74, 6) is 0.428. The molecule has 19 heavy (non-hydrogen) atoms. The van der Waals surface area contributed by atoms with Crippen molar-refractivity contribution in [3.05, 3.63) is 29.8 Å². The van der Waals surface area contributed by atoms with E-state index < -0.39 is 0 Å². The van der Waals surface area contributed by atoms with E-state index >= 15 is 0 Å². The first kappa shape index (κ1) is 12.0. The van der Waals surface area contributed by atoms with Crippen molar-refractivity contribution in [2.75, 3.05) is 6.54 Å². The molecule has 0 spiro atoms. The fraction of sp³-hybridized carbons (Fsp3) is 0.429. The Morgan fingerprint density at radius 1 is 1.21 bits per heavy atom. The molecule has 3 rings (SSSR count). The number of hydrogen-bond donors (Lipinski definition) is 2. The van der Waals surface area contributed by atoms with Crippen LogP contribution in [-0.2, 0) is 16.1 Å². The molecule has 2 N–H and O–H groups in total. The van der Waals surface area contributed by atoms with Crippen molar-refractivity contribution in [3.8, 4) is 5.75 Å². The van der Waals surface area contributed by atoms with Crippen LogP contribution in [0.1, 0.15) is 18.4 Å². The highest BCUT2D eigenvalue weighted by molar-refractivity contribution is 5.95. The van der Waals surface area contributed by atoms with Gasteiger partial charge in [-0.15, -0.1) is 0 Å². The van der Waals surface area contributed by atoms with Crippen LogP contribution in [-0.4, -0.2) is 34.4 Å². The Morgan fingerprint density at radius 2 is 1.89 bits per heavy atom. The van der Waals surface area contributed by atoms with Gasteiger partial charge < -0.3 is 15.3 Å². The summed E-state index contributed by atoms with van der Waals surface area (Å²) < 4.78 is 0. The summed E-state index contributed by atoms with van der Waals surface area (Å²) in [7, 11) is 0. The molecule has 0 radical (unpaired) electrons. The highest BCUT2D eigenvalue weighted by Gasteiger charge is 2.44. The summed E-state index contributed by atoms with van der Waals surface area (Å²) in [6.45, 7) is 0.508. The molecule has 2 amide bonds. The van der Waals surface area contributed by atoms with Crippen LogP contribution in [0.25, 0.3) is 0 Å². The van der Waals surface area contributed by atoms with Crippen molar-refractivity contribution in [2.45, 2.75) is 25.4 Å². The van der Waals surface area contributed by atoms with E-state index in [1.54, 1.807) is 29.2 Å². The fourth-order valence-corrected chi connectivity index (χ4v) is 2.53. The van der Waals surface area contributed by atoms with Crippen molar-refractivity contribution < 1.29 is 14.7 Å². The Labute approximate surface area is 111 Å². The predicted molar refractivity (Wildman–Crippen MR) is 68.2 cm³/mol. The van der Waals surface area contributed by atoms with Gasteiger partial charge in [0.05, 0.1) is 6.54 Å². The average molecular weight is 260 g/mol. The van der Waals surface area contributed by atoms with Gasteiger partial charge in [-0.1, -0.05) is 12.1 Å². The number of aromatic hydroxyl groups is 1. The number of amides is 2. The number of benzene rings is 1. The summed E-state index contributed by atoms with van der Waals surface area (Å²) in [6.07, 6.45) is 2.02. The lowest BCUT2D eigenvalue weighted by atomic mass is 10.1. The van der Waals surface area contributed by atoms with Crippen molar-refractivity contribution in [1.82, 2.24) is 10.2 Å². The standard InChI is InChI=1S/C14H16N2O3/c17-11-5-1-9(2-6-11)8-16-12(18)7-15-14(19)13(16)10-3-4-10/h1-2,5-6,10,13,17H,3-4,7-8H2,(H,15,19). The molecule has 1 aromatic carbocycles. The van der Waals surface area contributed by atoms with Crippen LogP contribution in [0.5, 0.6) is 5.75 Å². The van der Waals surface area contributed by atoms with Gasteiger partial charge in [-0.3, -0.25) is 9.59 Å². The van der Waals surface area contributed by atoms with Crippen LogP contribution in [0.4, 0.5) is 0 Å². The quantitative estimate of drug-likeness (QED) is 0.837. The van der Waals surface area contributed by atoms with Crippen LogP contribution in [0.3, 0.4) is 0 Å². The van der Waals surface area contributed by atoms with Crippen molar-refractivity contribution in [3.63, 3.8) is 0 Å².